The molecular weight excluding hydrogens is 434 g/mol. The van der Waals surface area contributed by atoms with E-state index >= 15 is 0 Å². The van der Waals surface area contributed by atoms with E-state index in [1.807, 2.05) is 0 Å². The molecule has 4 heteroatoms. The number of nitrogens with zero attached hydrogens (tertiary/aromatic N) is 1. The lowest BCUT2D eigenvalue weighted by atomic mass is 9.60. The Labute approximate surface area is 214 Å². The van der Waals surface area contributed by atoms with Crippen molar-refractivity contribution in [3.63, 3.8) is 0 Å². The van der Waals surface area contributed by atoms with Crippen LogP contribution in [0.3, 0.4) is 0 Å². The van der Waals surface area contributed by atoms with Gasteiger partial charge in [-0.2, -0.15) is 0 Å². The van der Waals surface area contributed by atoms with Crippen molar-refractivity contribution in [2.75, 3.05) is 0 Å². The summed E-state index contributed by atoms with van der Waals surface area (Å²) in [7, 11) is 0. The molecule has 0 aromatic heterocycles. The fraction of sp³-hybridized carbons (Fsp3) is 0.806. The van der Waals surface area contributed by atoms with E-state index in [2.05, 4.69) is 51.9 Å². The van der Waals surface area contributed by atoms with Crippen molar-refractivity contribution in [3.8, 4) is 0 Å². The van der Waals surface area contributed by atoms with Crippen LogP contribution >= 0.6 is 0 Å². The summed E-state index contributed by atoms with van der Waals surface area (Å²) in [5.74, 6) is 3.00. The minimum atomic E-state index is -0.334. The standard InChI is InChI=1S/C31H49NO3/c1-21(2)9-7-10-22(3)28-14-15-29-25(11-8-17-30(28,29)6)12-13-26-19-27(34-24(5)33)16-18-31(26)20-23(4)32-35-31/h12-13,21-22,27-29H,7-11,14-20H2,1-6H3/b25-12+,26-13-/t22-,27+,28-,29+,30-,31-/m1/s1. The topological polar surface area (TPSA) is 47.9 Å². The number of esters is 1. The zero-order valence-electron chi connectivity index (χ0n) is 23.2. The second kappa shape index (κ2) is 10.8. The molecule has 0 aromatic rings. The number of hydrogen-bond acceptors (Lipinski definition) is 4. The Morgan fingerprint density at radius 3 is 2.66 bits per heavy atom. The van der Waals surface area contributed by atoms with E-state index in [-0.39, 0.29) is 17.7 Å². The summed E-state index contributed by atoms with van der Waals surface area (Å²) >= 11 is 0. The quantitative estimate of drug-likeness (QED) is 0.343. The van der Waals surface area contributed by atoms with Gasteiger partial charge in [0, 0.05) is 19.8 Å². The van der Waals surface area contributed by atoms with Crippen LogP contribution in [-0.4, -0.2) is 23.4 Å². The summed E-state index contributed by atoms with van der Waals surface area (Å²) in [4.78, 5) is 17.7. The molecule has 196 valence electrons. The van der Waals surface area contributed by atoms with Gasteiger partial charge in [0.15, 0.2) is 5.60 Å². The normalized spacial score (nSPS) is 38.0. The van der Waals surface area contributed by atoms with Crippen LogP contribution in [0.15, 0.2) is 28.5 Å². The third-order valence-corrected chi connectivity index (χ3v) is 9.82. The molecule has 4 nitrogen and oxygen atoms in total. The van der Waals surface area contributed by atoms with Gasteiger partial charge in [-0.05, 0) is 86.5 Å². The number of carbonyl (C=O) groups is 1. The average Bonchev–Trinajstić information content (AvgIpc) is 3.34. The van der Waals surface area contributed by atoms with E-state index < -0.39 is 0 Å². The molecule has 1 aliphatic heterocycles. The Bertz CT molecular complexity index is 870. The first-order valence-electron chi connectivity index (χ1n) is 14.4. The van der Waals surface area contributed by atoms with Crippen LogP contribution < -0.4 is 0 Å². The van der Waals surface area contributed by atoms with Crippen LogP contribution in [0, 0.1) is 29.1 Å². The van der Waals surface area contributed by atoms with Gasteiger partial charge in [0.1, 0.15) is 6.10 Å². The predicted molar refractivity (Wildman–Crippen MR) is 143 cm³/mol. The number of allylic oxidation sites excluding steroid dienone is 3. The summed E-state index contributed by atoms with van der Waals surface area (Å²) in [6, 6.07) is 0. The fourth-order valence-corrected chi connectivity index (χ4v) is 8.06. The molecule has 4 rings (SSSR count). The lowest BCUT2D eigenvalue weighted by Gasteiger charge is -2.44. The van der Waals surface area contributed by atoms with E-state index in [0.29, 0.717) is 11.3 Å². The molecule has 0 unspecified atom stereocenters. The molecule has 3 aliphatic carbocycles. The van der Waals surface area contributed by atoms with Gasteiger partial charge >= 0.3 is 5.97 Å². The maximum atomic E-state index is 11.6. The van der Waals surface area contributed by atoms with Gasteiger partial charge in [-0.3, -0.25) is 4.79 Å². The number of fused-ring (bicyclic) bond motifs is 1. The van der Waals surface area contributed by atoms with Crippen LogP contribution in [0.4, 0.5) is 0 Å². The van der Waals surface area contributed by atoms with Crippen molar-refractivity contribution < 1.29 is 14.4 Å². The molecule has 4 aliphatic rings. The fourth-order valence-electron chi connectivity index (χ4n) is 8.06. The van der Waals surface area contributed by atoms with Gasteiger partial charge < -0.3 is 9.57 Å². The highest BCUT2D eigenvalue weighted by Gasteiger charge is 2.51. The van der Waals surface area contributed by atoms with Crippen molar-refractivity contribution in [1.82, 2.24) is 0 Å². The molecule has 0 radical (unpaired) electrons. The highest BCUT2D eigenvalue weighted by atomic mass is 16.7. The van der Waals surface area contributed by atoms with Crippen molar-refractivity contribution in [2.45, 2.75) is 130 Å². The number of ether oxygens (including phenoxy) is 1. The zero-order valence-corrected chi connectivity index (χ0v) is 23.2. The van der Waals surface area contributed by atoms with Crippen molar-refractivity contribution >= 4 is 11.7 Å². The lowest BCUT2D eigenvalue weighted by molar-refractivity contribution is -0.149. The molecule has 3 fully saturated rings. The molecule has 0 aromatic carbocycles. The lowest BCUT2D eigenvalue weighted by Crippen LogP contribution is -2.39. The van der Waals surface area contributed by atoms with Crippen LogP contribution in [-0.2, 0) is 14.4 Å². The van der Waals surface area contributed by atoms with Gasteiger partial charge in [-0.15, -0.1) is 0 Å². The Morgan fingerprint density at radius 1 is 1.17 bits per heavy atom. The molecule has 3 saturated carbocycles. The summed E-state index contributed by atoms with van der Waals surface area (Å²) < 4.78 is 5.62. The van der Waals surface area contributed by atoms with Gasteiger partial charge in [-0.25, -0.2) is 0 Å². The Hall–Kier alpha value is -1.58. The monoisotopic (exact) mass is 483 g/mol. The summed E-state index contributed by atoms with van der Waals surface area (Å²) in [5.41, 5.74) is 4.06. The van der Waals surface area contributed by atoms with E-state index in [4.69, 9.17) is 9.57 Å². The van der Waals surface area contributed by atoms with Crippen LogP contribution in [0.1, 0.15) is 119 Å². The maximum Gasteiger partial charge on any atom is 0.302 e. The molecular formula is C31H49NO3. The SMILES string of the molecule is CC(=O)O[C@H]1CC[C@@]2(CC(C)=NO2)/C(=C\C=C2/CCC[C@]3(C)[C@@H]([C@H](C)CCCC(C)C)CC[C@@H]23)C1. The number of rotatable bonds is 7. The molecule has 0 bridgehead atoms. The molecule has 0 amide bonds. The first kappa shape index (κ1) is 26.5. The minimum absolute atomic E-state index is 0.0496. The first-order valence-corrected chi connectivity index (χ1v) is 14.4. The maximum absolute atomic E-state index is 11.6. The molecule has 1 heterocycles. The average molecular weight is 484 g/mol. The Kier molecular flexibility index (Phi) is 8.18. The van der Waals surface area contributed by atoms with Gasteiger partial charge in [0.25, 0.3) is 0 Å². The van der Waals surface area contributed by atoms with Crippen LogP contribution in [0.5, 0.6) is 0 Å². The van der Waals surface area contributed by atoms with E-state index in [0.717, 1.165) is 49.1 Å². The van der Waals surface area contributed by atoms with E-state index in [1.165, 1.54) is 63.9 Å². The Morgan fingerprint density at radius 2 is 1.97 bits per heavy atom. The molecule has 35 heavy (non-hydrogen) atoms. The van der Waals surface area contributed by atoms with Gasteiger partial charge in [0.2, 0.25) is 0 Å². The number of hydrogen-bond donors (Lipinski definition) is 0. The van der Waals surface area contributed by atoms with Crippen LogP contribution in [0.25, 0.3) is 0 Å². The summed E-state index contributed by atoms with van der Waals surface area (Å²) in [6.07, 6.45) is 18.8. The highest BCUT2D eigenvalue weighted by molar-refractivity contribution is 5.84. The molecule has 6 atom stereocenters. The highest BCUT2D eigenvalue weighted by Crippen LogP contribution is 2.60. The zero-order chi connectivity index (χ0) is 25.2. The van der Waals surface area contributed by atoms with Gasteiger partial charge in [0.05, 0.1) is 5.71 Å². The third kappa shape index (κ3) is 5.72. The predicted octanol–water partition coefficient (Wildman–Crippen LogP) is 8.17. The summed E-state index contributed by atoms with van der Waals surface area (Å²) in [6.45, 7) is 13.4. The van der Waals surface area contributed by atoms with Crippen LogP contribution in [0.2, 0.25) is 0 Å². The van der Waals surface area contributed by atoms with Crippen molar-refractivity contribution in [1.29, 1.82) is 0 Å². The first-order chi connectivity index (χ1) is 16.6. The van der Waals surface area contributed by atoms with E-state index in [1.54, 1.807) is 5.57 Å². The molecule has 1 spiro atoms. The molecule has 0 N–H and O–H groups in total. The van der Waals surface area contributed by atoms with Gasteiger partial charge in [-0.1, -0.05) is 69.8 Å². The smallest absolute Gasteiger partial charge is 0.302 e. The number of carbonyl (C=O) groups excluding carboxylic acids is 1. The second-order valence-corrected chi connectivity index (χ2v) is 12.9. The third-order valence-electron chi connectivity index (χ3n) is 9.82. The molecule has 0 saturated heterocycles. The van der Waals surface area contributed by atoms with E-state index in [9.17, 15) is 4.79 Å². The Balaban J connectivity index is 1.52. The minimum Gasteiger partial charge on any atom is -0.462 e. The van der Waals surface area contributed by atoms with Crippen molar-refractivity contribution in [2.24, 2.45) is 34.2 Å². The summed E-state index contributed by atoms with van der Waals surface area (Å²) in [5, 5.41) is 4.32. The largest absolute Gasteiger partial charge is 0.462 e. The van der Waals surface area contributed by atoms with Crippen molar-refractivity contribution in [3.05, 3.63) is 23.3 Å². The number of oxime groups is 1. The second-order valence-electron chi connectivity index (χ2n) is 12.9.